The van der Waals surface area contributed by atoms with Crippen molar-refractivity contribution in [2.45, 2.75) is 31.5 Å². The van der Waals surface area contributed by atoms with E-state index in [9.17, 15) is 5.11 Å². The topological polar surface area (TPSA) is 58.9 Å². The first kappa shape index (κ1) is 15.1. The lowest BCUT2D eigenvalue weighted by Gasteiger charge is -2.19. The molecular weight excluding hydrogens is 232 g/mol. The van der Waals surface area contributed by atoms with Gasteiger partial charge in [-0.3, -0.25) is 0 Å². The lowest BCUT2D eigenvalue weighted by atomic mass is 10.0. The van der Waals surface area contributed by atoms with Gasteiger partial charge in [-0.2, -0.15) is 0 Å². The van der Waals surface area contributed by atoms with Crippen LogP contribution in [0.5, 0.6) is 0 Å². The highest BCUT2D eigenvalue weighted by atomic mass is 16.7. The Labute approximate surface area is 108 Å². The van der Waals surface area contributed by atoms with Gasteiger partial charge in [-0.15, -0.1) is 0 Å². The largest absolute Gasteiger partial charge is 0.394 e. The van der Waals surface area contributed by atoms with E-state index in [1.54, 1.807) is 7.11 Å². The molecule has 0 aliphatic rings. The number of rotatable bonds is 9. The van der Waals surface area contributed by atoms with Gasteiger partial charge in [-0.1, -0.05) is 30.3 Å². The third-order valence-electron chi connectivity index (χ3n) is 2.77. The molecule has 102 valence electrons. The van der Waals surface area contributed by atoms with Crippen molar-refractivity contribution < 1.29 is 19.7 Å². The number of ether oxygens (including phenoxy) is 2. The molecule has 1 rings (SSSR count). The van der Waals surface area contributed by atoms with Gasteiger partial charge >= 0.3 is 0 Å². The van der Waals surface area contributed by atoms with E-state index in [4.69, 9.17) is 14.6 Å². The Morgan fingerprint density at radius 2 is 1.94 bits per heavy atom. The van der Waals surface area contributed by atoms with Gasteiger partial charge in [0.25, 0.3) is 0 Å². The smallest absolute Gasteiger partial charge is 0.146 e. The molecule has 18 heavy (non-hydrogen) atoms. The van der Waals surface area contributed by atoms with Crippen molar-refractivity contribution in [2.75, 3.05) is 20.5 Å². The molecule has 0 heterocycles. The van der Waals surface area contributed by atoms with Crippen LogP contribution in [0.3, 0.4) is 0 Å². The number of benzene rings is 1. The molecule has 1 aromatic carbocycles. The first-order valence-electron chi connectivity index (χ1n) is 6.19. The summed E-state index contributed by atoms with van der Waals surface area (Å²) in [6.07, 6.45) is 1.26. The van der Waals surface area contributed by atoms with E-state index >= 15 is 0 Å². The number of hydrogen-bond acceptors (Lipinski definition) is 4. The molecule has 2 atom stereocenters. The Balaban J connectivity index is 2.39. The zero-order valence-corrected chi connectivity index (χ0v) is 10.8. The number of aryl methyl sites for hydroxylation is 1. The molecule has 0 radical (unpaired) electrons. The zero-order valence-electron chi connectivity index (χ0n) is 10.8. The second-order valence-electron chi connectivity index (χ2n) is 4.29. The maximum absolute atomic E-state index is 9.45. The summed E-state index contributed by atoms with van der Waals surface area (Å²) in [4.78, 5) is 0. The molecule has 4 nitrogen and oxygen atoms in total. The standard InChI is InChI=1S/C14H22O4/c1-17-11-18-14(9-13(16)10-15)8-7-12-5-3-2-4-6-12/h2-6,13-16H,7-11H2,1H3/t13-,14+/m0/s1. The summed E-state index contributed by atoms with van der Waals surface area (Å²) in [5, 5.41) is 18.3. The minimum atomic E-state index is -0.734. The fraction of sp³-hybridized carbons (Fsp3) is 0.571. The van der Waals surface area contributed by atoms with E-state index in [0.29, 0.717) is 6.42 Å². The Hall–Kier alpha value is -0.940. The van der Waals surface area contributed by atoms with Crippen molar-refractivity contribution in [2.24, 2.45) is 0 Å². The minimum absolute atomic E-state index is 0.104. The molecule has 0 unspecified atom stereocenters. The predicted octanol–water partition coefficient (Wildman–Crippen LogP) is 1.35. The molecule has 4 heteroatoms. The van der Waals surface area contributed by atoms with Crippen LogP contribution in [0.25, 0.3) is 0 Å². The van der Waals surface area contributed by atoms with Crippen LogP contribution in [0, 0.1) is 0 Å². The van der Waals surface area contributed by atoms with Crippen LogP contribution in [0.4, 0.5) is 0 Å². The third-order valence-corrected chi connectivity index (χ3v) is 2.77. The van der Waals surface area contributed by atoms with E-state index in [0.717, 1.165) is 12.8 Å². The van der Waals surface area contributed by atoms with Crippen molar-refractivity contribution >= 4 is 0 Å². The second-order valence-corrected chi connectivity index (χ2v) is 4.29. The Bertz CT molecular complexity index is 302. The average molecular weight is 254 g/mol. The molecule has 0 amide bonds. The van der Waals surface area contributed by atoms with E-state index in [1.165, 1.54) is 5.56 Å². The first-order chi connectivity index (χ1) is 8.76. The van der Waals surface area contributed by atoms with Gasteiger partial charge in [0.1, 0.15) is 6.79 Å². The van der Waals surface area contributed by atoms with Crippen molar-refractivity contribution in [3.8, 4) is 0 Å². The summed E-state index contributed by atoms with van der Waals surface area (Å²) < 4.78 is 10.4. The van der Waals surface area contributed by atoms with Gasteiger partial charge in [0.05, 0.1) is 18.8 Å². The van der Waals surface area contributed by atoms with Gasteiger partial charge in [0.2, 0.25) is 0 Å². The minimum Gasteiger partial charge on any atom is -0.394 e. The van der Waals surface area contributed by atoms with Crippen LogP contribution in [0.1, 0.15) is 18.4 Å². The average Bonchev–Trinajstić information content (AvgIpc) is 2.42. The predicted molar refractivity (Wildman–Crippen MR) is 69.2 cm³/mol. The lowest BCUT2D eigenvalue weighted by Crippen LogP contribution is -2.24. The summed E-state index contributed by atoms with van der Waals surface area (Å²) in [7, 11) is 1.57. The van der Waals surface area contributed by atoms with E-state index in [2.05, 4.69) is 12.1 Å². The van der Waals surface area contributed by atoms with E-state index in [1.807, 2.05) is 18.2 Å². The van der Waals surface area contributed by atoms with E-state index in [-0.39, 0.29) is 19.5 Å². The molecular formula is C14H22O4. The van der Waals surface area contributed by atoms with Crippen LogP contribution in [-0.4, -0.2) is 42.9 Å². The summed E-state index contributed by atoms with van der Waals surface area (Å²) in [6, 6.07) is 10.1. The molecule has 0 aromatic heterocycles. The van der Waals surface area contributed by atoms with Crippen molar-refractivity contribution in [3.63, 3.8) is 0 Å². The molecule has 0 aliphatic carbocycles. The molecule has 0 saturated carbocycles. The molecule has 2 N–H and O–H groups in total. The lowest BCUT2D eigenvalue weighted by molar-refractivity contribution is -0.0896. The number of aliphatic hydroxyl groups excluding tert-OH is 2. The van der Waals surface area contributed by atoms with Gasteiger partial charge in [-0.25, -0.2) is 0 Å². The Morgan fingerprint density at radius 1 is 1.22 bits per heavy atom. The second kappa shape index (κ2) is 9.05. The van der Waals surface area contributed by atoms with Crippen molar-refractivity contribution in [3.05, 3.63) is 35.9 Å². The Morgan fingerprint density at radius 3 is 2.56 bits per heavy atom. The molecule has 0 fully saturated rings. The maximum atomic E-state index is 9.45. The highest BCUT2D eigenvalue weighted by molar-refractivity contribution is 5.14. The van der Waals surface area contributed by atoms with Gasteiger partial charge in [0.15, 0.2) is 0 Å². The van der Waals surface area contributed by atoms with Gasteiger partial charge in [-0.05, 0) is 18.4 Å². The van der Waals surface area contributed by atoms with Crippen molar-refractivity contribution in [1.82, 2.24) is 0 Å². The molecule has 0 aliphatic heterocycles. The highest BCUT2D eigenvalue weighted by Crippen LogP contribution is 2.12. The maximum Gasteiger partial charge on any atom is 0.146 e. The van der Waals surface area contributed by atoms with Crippen LogP contribution in [0.2, 0.25) is 0 Å². The summed E-state index contributed by atoms with van der Waals surface area (Å²) in [5.74, 6) is 0. The fourth-order valence-corrected chi connectivity index (χ4v) is 1.78. The zero-order chi connectivity index (χ0) is 13.2. The van der Waals surface area contributed by atoms with Crippen LogP contribution in [-0.2, 0) is 15.9 Å². The number of methoxy groups -OCH3 is 1. The summed E-state index contributed by atoms with van der Waals surface area (Å²) in [5.41, 5.74) is 1.24. The first-order valence-corrected chi connectivity index (χ1v) is 6.19. The van der Waals surface area contributed by atoms with Gasteiger partial charge in [0, 0.05) is 13.5 Å². The summed E-state index contributed by atoms with van der Waals surface area (Å²) >= 11 is 0. The van der Waals surface area contributed by atoms with Crippen molar-refractivity contribution in [1.29, 1.82) is 0 Å². The summed E-state index contributed by atoms with van der Waals surface area (Å²) in [6.45, 7) is -0.0320. The molecule has 0 saturated heterocycles. The molecule has 0 bridgehead atoms. The highest BCUT2D eigenvalue weighted by Gasteiger charge is 2.14. The SMILES string of the molecule is COCO[C@H](CCc1ccccc1)C[C@H](O)CO. The third kappa shape index (κ3) is 6.12. The van der Waals surface area contributed by atoms with E-state index < -0.39 is 6.10 Å². The van der Waals surface area contributed by atoms with Crippen LogP contribution < -0.4 is 0 Å². The number of aliphatic hydroxyl groups is 2. The monoisotopic (exact) mass is 254 g/mol. The normalized spacial score (nSPS) is 14.4. The molecule has 1 aromatic rings. The van der Waals surface area contributed by atoms with Crippen LogP contribution >= 0.6 is 0 Å². The fourth-order valence-electron chi connectivity index (χ4n) is 1.78. The quantitative estimate of drug-likeness (QED) is 0.653. The van der Waals surface area contributed by atoms with Crippen LogP contribution in [0.15, 0.2) is 30.3 Å². The molecule has 0 spiro atoms. The van der Waals surface area contributed by atoms with Gasteiger partial charge < -0.3 is 19.7 Å². The number of hydrogen-bond donors (Lipinski definition) is 2. The Kier molecular flexibility index (Phi) is 7.60.